The summed E-state index contributed by atoms with van der Waals surface area (Å²) in [4.78, 5) is 21.9. The number of methoxy groups -OCH3 is 1. The van der Waals surface area contributed by atoms with E-state index in [1.807, 2.05) is 6.07 Å². The number of nitrogens with zero attached hydrogens (tertiary/aromatic N) is 2. The van der Waals surface area contributed by atoms with Crippen LogP contribution in [0.2, 0.25) is 0 Å². The molecule has 0 radical (unpaired) electrons. The average Bonchev–Trinajstić information content (AvgIpc) is 2.89. The number of halogens is 4. The van der Waals surface area contributed by atoms with Crippen LogP contribution >= 0.6 is 0 Å². The van der Waals surface area contributed by atoms with Crippen molar-refractivity contribution in [2.75, 3.05) is 7.11 Å². The molecule has 0 saturated carbocycles. The predicted octanol–water partition coefficient (Wildman–Crippen LogP) is 8.76. The second-order valence-electron chi connectivity index (χ2n) is 10.5. The van der Waals surface area contributed by atoms with E-state index in [-0.39, 0.29) is 36.9 Å². The first kappa shape index (κ1) is 31.0. The first-order chi connectivity index (χ1) is 18.8. The van der Waals surface area contributed by atoms with E-state index < -0.39 is 17.4 Å². The van der Waals surface area contributed by atoms with Crippen molar-refractivity contribution in [3.63, 3.8) is 0 Å². The van der Waals surface area contributed by atoms with Crippen LogP contribution in [0.5, 0.6) is 0 Å². The van der Waals surface area contributed by atoms with Gasteiger partial charge in [-0.3, -0.25) is 9.78 Å². The highest BCUT2D eigenvalue weighted by Crippen LogP contribution is 2.44. The monoisotopic (exact) mass is 558 g/mol. The number of allylic oxidation sites excluding steroid dienone is 3. The van der Waals surface area contributed by atoms with E-state index in [0.717, 1.165) is 63.7 Å². The van der Waals surface area contributed by atoms with Gasteiger partial charge in [-0.15, -0.1) is 0 Å². The highest BCUT2D eigenvalue weighted by Gasteiger charge is 2.51. The number of ether oxygens (including phenoxy) is 1. The molecule has 3 rings (SSSR count). The van der Waals surface area contributed by atoms with Gasteiger partial charge in [-0.25, -0.2) is 9.37 Å². The first-order valence-electron chi connectivity index (χ1n) is 13.4. The van der Waals surface area contributed by atoms with Gasteiger partial charge < -0.3 is 4.74 Å². The minimum atomic E-state index is -4.55. The van der Waals surface area contributed by atoms with Crippen LogP contribution in [0, 0.1) is 11.2 Å². The second-order valence-corrected chi connectivity index (χ2v) is 10.5. The molecule has 0 unspecified atom stereocenters. The van der Waals surface area contributed by atoms with E-state index in [1.165, 1.54) is 23.3 Å². The molecule has 0 aliphatic rings. The van der Waals surface area contributed by atoms with Crippen LogP contribution in [0.25, 0.3) is 22.3 Å². The number of aryl methyl sites for hydroxylation is 2. The fraction of sp³-hybridized carbons (Fsp3) is 0.406. The Hall–Kier alpha value is -3.55. The average molecular weight is 559 g/mol. The molecule has 8 heteroatoms. The van der Waals surface area contributed by atoms with Crippen molar-refractivity contribution in [3.8, 4) is 11.3 Å². The fourth-order valence-corrected chi connectivity index (χ4v) is 4.46. The Balaban J connectivity index is 0.00000588. The van der Waals surface area contributed by atoms with Gasteiger partial charge in [0.25, 0.3) is 0 Å². The Morgan fingerprint density at radius 2 is 1.77 bits per heavy atom. The van der Waals surface area contributed by atoms with Gasteiger partial charge in [0.1, 0.15) is 22.8 Å². The Labute approximate surface area is 234 Å². The number of carbonyl (C=O) groups excluding carboxylic acids is 1. The molecule has 1 aromatic heterocycles. The highest BCUT2D eigenvalue weighted by atomic mass is 19.4. The van der Waals surface area contributed by atoms with Crippen LogP contribution in [-0.4, -0.2) is 29.0 Å². The maximum atomic E-state index is 15.0. The van der Waals surface area contributed by atoms with Gasteiger partial charge in [-0.05, 0) is 79.6 Å². The molecule has 0 bridgehead atoms. The van der Waals surface area contributed by atoms with Crippen molar-refractivity contribution >= 4 is 16.8 Å². The summed E-state index contributed by atoms with van der Waals surface area (Å²) in [5.41, 5.74) is 3.15. The second kappa shape index (κ2) is 12.7. The number of alkyl halides is 3. The number of unbranched alkanes of at least 4 members (excludes halogenated alkanes) is 1. The lowest BCUT2D eigenvalue weighted by Gasteiger charge is -2.29. The number of hydrogen-bond acceptors (Lipinski definition) is 4. The molecule has 0 aliphatic heterocycles. The fourth-order valence-electron chi connectivity index (χ4n) is 4.46. The minimum absolute atomic E-state index is 0. The number of ketones is 1. The van der Waals surface area contributed by atoms with Gasteiger partial charge >= 0.3 is 6.18 Å². The maximum absolute atomic E-state index is 15.0. The lowest BCUT2D eigenvalue weighted by Crippen LogP contribution is -2.34. The zero-order valence-electron chi connectivity index (χ0n) is 23.7. The van der Waals surface area contributed by atoms with Gasteiger partial charge in [0, 0.05) is 19.8 Å². The summed E-state index contributed by atoms with van der Waals surface area (Å²) in [6.07, 6.45) is 1.82. The van der Waals surface area contributed by atoms with E-state index in [1.54, 1.807) is 12.3 Å². The molecule has 2 aromatic carbocycles. The summed E-state index contributed by atoms with van der Waals surface area (Å²) in [5, 5.41) is 0. The first-order valence-corrected chi connectivity index (χ1v) is 13.4. The van der Waals surface area contributed by atoms with Crippen LogP contribution in [0.15, 0.2) is 60.5 Å². The smallest absolute Gasteiger partial charge is 0.400 e. The quantitative estimate of drug-likeness (QED) is 0.127. The standard InChI is InChI=1S/C32H36F4N2O2.H2/c1-7-9-10-22-18-27-28(17-21(22)8-2)38-29(19-37-27)24-12-11-23(26(33)16-24)15-25(39)13-20(3)14-30(40-6)31(4,5)32(34,35)36;/h11-12,14,16-19H,3,7-10,13,15H2,1-2,4-6H3;1H/b30-14-;. The van der Waals surface area contributed by atoms with Crippen LogP contribution in [0.4, 0.5) is 17.6 Å². The summed E-state index contributed by atoms with van der Waals surface area (Å²) in [5.74, 6) is -1.31. The maximum Gasteiger partial charge on any atom is 0.400 e. The van der Waals surface area contributed by atoms with E-state index in [9.17, 15) is 18.0 Å². The molecule has 1 heterocycles. The zero-order chi connectivity index (χ0) is 29.7. The van der Waals surface area contributed by atoms with Crippen molar-refractivity contribution < 1.29 is 28.5 Å². The zero-order valence-corrected chi connectivity index (χ0v) is 23.7. The van der Waals surface area contributed by atoms with Gasteiger partial charge in [0.15, 0.2) is 0 Å². The third-order valence-corrected chi connectivity index (χ3v) is 7.08. The topological polar surface area (TPSA) is 52.1 Å². The molecule has 4 nitrogen and oxygen atoms in total. The predicted molar refractivity (Wildman–Crippen MR) is 152 cm³/mol. The van der Waals surface area contributed by atoms with Crippen molar-refractivity contribution in [1.82, 2.24) is 9.97 Å². The Morgan fingerprint density at radius 1 is 1.07 bits per heavy atom. The number of Topliss-reactive ketones (excluding diaryl/α,β-unsaturated/α-hetero) is 1. The van der Waals surface area contributed by atoms with Gasteiger partial charge in [-0.2, -0.15) is 13.2 Å². The van der Waals surface area contributed by atoms with Crippen LogP contribution in [0.3, 0.4) is 0 Å². The molecule has 0 spiro atoms. The molecule has 0 N–H and O–H groups in total. The summed E-state index contributed by atoms with van der Waals surface area (Å²) in [6, 6.07) is 8.65. The van der Waals surface area contributed by atoms with Gasteiger partial charge in [0.2, 0.25) is 0 Å². The van der Waals surface area contributed by atoms with Crippen LogP contribution in [-0.2, 0) is 28.8 Å². The van der Waals surface area contributed by atoms with Crippen LogP contribution in [0.1, 0.15) is 65.1 Å². The molecule has 3 aromatic rings. The molecule has 216 valence electrons. The Morgan fingerprint density at radius 3 is 2.38 bits per heavy atom. The lowest BCUT2D eigenvalue weighted by atomic mass is 9.88. The molecule has 0 fully saturated rings. The van der Waals surface area contributed by atoms with E-state index >= 15 is 4.39 Å². The van der Waals surface area contributed by atoms with Crippen molar-refractivity contribution in [2.45, 2.75) is 72.4 Å². The molecular formula is C32H38F4N2O2. The lowest BCUT2D eigenvalue weighted by molar-refractivity contribution is -0.208. The largest absolute Gasteiger partial charge is 0.500 e. The SMILES string of the molecule is C=C(/C=C(\OC)C(C)(C)C(F)(F)F)CC(=O)Cc1ccc(-c2cnc3cc(CCCC)c(CC)cc3n2)cc1F.[HH]. The molecule has 40 heavy (non-hydrogen) atoms. The normalized spacial score (nSPS) is 12.6. The molecular weight excluding hydrogens is 520 g/mol. The van der Waals surface area contributed by atoms with Gasteiger partial charge in [-0.1, -0.05) is 39.0 Å². The Bertz CT molecular complexity index is 1430. The highest BCUT2D eigenvalue weighted by molar-refractivity contribution is 5.84. The molecule has 0 aliphatic carbocycles. The summed E-state index contributed by atoms with van der Waals surface area (Å²) in [6.45, 7) is 9.94. The summed E-state index contributed by atoms with van der Waals surface area (Å²) in [7, 11) is 1.14. The third kappa shape index (κ3) is 7.14. The number of hydrogen-bond donors (Lipinski definition) is 0. The number of carbonyl (C=O) groups is 1. The number of benzene rings is 2. The van der Waals surface area contributed by atoms with E-state index in [0.29, 0.717) is 11.3 Å². The van der Waals surface area contributed by atoms with Gasteiger partial charge in [0.05, 0.1) is 30.0 Å². The molecule has 0 amide bonds. The van der Waals surface area contributed by atoms with E-state index in [2.05, 4.69) is 31.5 Å². The van der Waals surface area contributed by atoms with Crippen molar-refractivity contribution in [1.29, 1.82) is 0 Å². The molecule has 0 saturated heterocycles. The molecule has 0 atom stereocenters. The number of aromatic nitrogens is 2. The van der Waals surface area contributed by atoms with E-state index in [4.69, 9.17) is 9.72 Å². The van der Waals surface area contributed by atoms with Crippen molar-refractivity contribution in [2.24, 2.45) is 5.41 Å². The third-order valence-electron chi connectivity index (χ3n) is 7.08. The number of rotatable bonds is 12. The minimum Gasteiger partial charge on any atom is -0.500 e. The summed E-state index contributed by atoms with van der Waals surface area (Å²) < 4.78 is 60.1. The number of fused-ring (bicyclic) bond motifs is 1. The summed E-state index contributed by atoms with van der Waals surface area (Å²) >= 11 is 0. The van der Waals surface area contributed by atoms with Crippen molar-refractivity contribution in [3.05, 3.63) is 83.0 Å². The van der Waals surface area contributed by atoms with Crippen LogP contribution < -0.4 is 0 Å². The Kier molecular flexibility index (Phi) is 9.87.